The van der Waals surface area contributed by atoms with Crippen LogP contribution >= 0.6 is 0 Å². The summed E-state index contributed by atoms with van der Waals surface area (Å²) in [5.74, 6) is -0.239. The summed E-state index contributed by atoms with van der Waals surface area (Å²) in [5, 5.41) is 2.94. The molecule has 1 saturated carbocycles. The normalized spacial score (nSPS) is 15.8. The molecule has 1 amide bonds. The molecule has 1 aliphatic carbocycles. The zero-order valence-electron chi connectivity index (χ0n) is 13.4. The summed E-state index contributed by atoms with van der Waals surface area (Å²) in [6.07, 6.45) is 5.34. The topological polar surface area (TPSA) is 66.5 Å². The van der Waals surface area contributed by atoms with E-state index in [2.05, 4.69) is 5.32 Å². The number of nitrogens with one attached hydrogen (secondary N) is 1. The van der Waals surface area contributed by atoms with Gasteiger partial charge in [0.2, 0.25) is 15.9 Å². The van der Waals surface area contributed by atoms with Gasteiger partial charge in [0.1, 0.15) is 6.54 Å². The Kier molecular flexibility index (Phi) is 5.11. The Hall–Kier alpha value is -1.56. The third kappa shape index (κ3) is 4.22. The molecule has 0 unspecified atom stereocenters. The molecule has 6 heteroatoms. The Morgan fingerprint density at radius 3 is 2.45 bits per heavy atom. The lowest BCUT2D eigenvalue weighted by Crippen LogP contribution is -2.43. The Labute approximate surface area is 132 Å². The zero-order chi connectivity index (χ0) is 16.3. The lowest BCUT2D eigenvalue weighted by molar-refractivity contribution is -0.120. The van der Waals surface area contributed by atoms with Crippen LogP contribution in [0.1, 0.15) is 36.8 Å². The van der Waals surface area contributed by atoms with Crippen molar-refractivity contribution in [2.75, 3.05) is 17.1 Å². The predicted octanol–water partition coefficient (Wildman–Crippen LogP) is 2.13. The van der Waals surface area contributed by atoms with Gasteiger partial charge in [-0.15, -0.1) is 0 Å². The molecule has 1 aromatic rings. The number of benzene rings is 1. The van der Waals surface area contributed by atoms with Crippen LogP contribution < -0.4 is 9.62 Å². The third-order valence-corrected chi connectivity index (χ3v) is 5.16. The first kappa shape index (κ1) is 16.8. The minimum atomic E-state index is -3.51. The summed E-state index contributed by atoms with van der Waals surface area (Å²) < 4.78 is 25.4. The van der Waals surface area contributed by atoms with Crippen molar-refractivity contribution in [3.63, 3.8) is 0 Å². The van der Waals surface area contributed by atoms with E-state index in [0.29, 0.717) is 5.69 Å². The van der Waals surface area contributed by atoms with E-state index < -0.39 is 10.0 Å². The highest BCUT2D eigenvalue weighted by atomic mass is 32.2. The van der Waals surface area contributed by atoms with E-state index in [9.17, 15) is 13.2 Å². The molecule has 5 nitrogen and oxygen atoms in total. The SMILES string of the molecule is Cc1ccc(N(CC(=O)NC2CCCC2)S(C)(=O)=O)c(C)c1. The highest BCUT2D eigenvalue weighted by Gasteiger charge is 2.24. The number of aryl methyl sites for hydroxylation is 2. The van der Waals surface area contributed by atoms with Gasteiger partial charge in [-0.25, -0.2) is 8.42 Å². The van der Waals surface area contributed by atoms with Gasteiger partial charge >= 0.3 is 0 Å². The molecule has 0 saturated heterocycles. The number of sulfonamides is 1. The van der Waals surface area contributed by atoms with Crippen molar-refractivity contribution in [3.8, 4) is 0 Å². The monoisotopic (exact) mass is 324 g/mol. The number of hydrogen-bond acceptors (Lipinski definition) is 3. The average molecular weight is 324 g/mol. The molecule has 0 radical (unpaired) electrons. The summed E-state index contributed by atoms with van der Waals surface area (Å²) in [5.41, 5.74) is 2.47. The van der Waals surface area contributed by atoms with Gasteiger partial charge in [0.25, 0.3) is 0 Å². The van der Waals surface area contributed by atoms with Crippen LogP contribution in [0.3, 0.4) is 0 Å². The van der Waals surface area contributed by atoms with E-state index in [4.69, 9.17) is 0 Å². The van der Waals surface area contributed by atoms with Crippen molar-refractivity contribution < 1.29 is 13.2 Å². The molecule has 0 heterocycles. The van der Waals surface area contributed by atoms with Gasteiger partial charge < -0.3 is 5.32 Å². The Bertz CT molecular complexity index is 649. The van der Waals surface area contributed by atoms with Crippen LogP contribution in [0.5, 0.6) is 0 Å². The molecule has 2 rings (SSSR count). The molecule has 1 fully saturated rings. The lowest BCUT2D eigenvalue weighted by atomic mass is 10.1. The van der Waals surface area contributed by atoms with Crippen LogP contribution in [0.4, 0.5) is 5.69 Å². The van der Waals surface area contributed by atoms with E-state index in [1.54, 1.807) is 6.07 Å². The van der Waals surface area contributed by atoms with Crippen LogP contribution in [0.25, 0.3) is 0 Å². The summed E-state index contributed by atoms with van der Waals surface area (Å²) >= 11 is 0. The van der Waals surface area contributed by atoms with Gasteiger partial charge in [0.05, 0.1) is 11.9 Å². The Morgan fingerprint density at radius 2 is 1.91 bits per heavy atom. The molecular weight excluding hydrogens is 300 g/mol. The van der Waals surface area contributed by atoms with Gasteiger partial charge in [0.15, 0.2) is 0 Å². The molecule has 0 bridgehead atoms. The number of nitrogens with zero attached hydrogens (tertiary/aromatic N) is 1. The quantitative estimate of drug-likeness (QED) is 0.902. The molecule has 122 valence electrons. The van der Waals surface area contributed by atoms with E-state index in [-0.39, 0.29) is 18.5 Å². The predicted molar refractivity (Wildman–Crippen MR) is 88.5 cm³/mol. The van der Waals surface area contributed by atoms with Crippen molar-refractivity contribution in [2.24, 2.45) is 0 Å². The van der Waals surface area contributed by atoms with Gasteiger partial charge in [-0.2, -0.15) is 0 Å². The van der Waals surface area contributed by atoms with E-state index >= 15 is 0 Å². The van der Waals surface area contributed by atoms with Crippen LogP contribution in [0.2, 0.25) is 0 Å². The molecule has 22 heavy (non-hydrogen) atoms. The van der Waals surface area contributed by atoms with E-state index in [0.717, 1.165) is 43.1 Å². The van der Waals surface area contributed by atoms with Gasteiger partial charge in [-0.1, -0.05) is 30.5 Å². The minimum absolute atomic E-state index is 0.167. The van der Waals surface area contributed by atoms with E-state index in [1.165, 1.54) is 4.31 Å². The molecule has 1 N–H and O–H groups in total. The van der Waals surface area contributed by atoms with Crippen molar-refractivity contribution in [3.05, 3.63) is 29.3 Å². The maximum Gasteiger partial charge on any atom is 0.240 e. The standard InChI is InChI=1S/C16H24N2O3S/c1-12-8-9-15(13(2)10-12)18(22(3,20)21)11-16(19)17-14-6-4-5-7-14/h8-10,14H,4-7,11H2,1-3H3,(H,17,19). The first-order valence-electron chi connectivity index (χ1n) is 7.61. The van der Waals surface area contributed by atoms with Gasteiger partial charge in [0, 0.05) is 6.04 Å². The first-order chi connectivity index (χ1) is 10.3. The third-order valence-electron chi connectivity index (χ3n) is 4.03. The highest BCUT2D eigenvalue weighted by molar-refractivity contribution is 7.92. The fourth-order valence-corrected chi connectivity index (χ4v) is 3.85. The molecule has 1 aromatic carbocycles. The summed E-state index contributed by atoms with van der Waals surface area (Å²) in [4.78, 5) is 12.2. The number of rotatable bonds is 5. The van der Waals surface area contributed by atoms with Crippen LogP contribution in [0, 0.1) is 13.8 Å². The maximum atomic E-state index is 12.2. The summed E-state index contributed by atoms with van der Waals surface area (Å²) in [7, 11) is -3.51. The smallest absolute Gasteiger partial charge is 0.240 e. The van der Waals surface area contributed by atoms with Crippen LogP contribution in [-0.4, -0.2) is 33.2 Å². The fraction of sp³-hybridized carbons (Fsp3) is 0.562. The minimum Gasteiger partial charge on any atom is -0.352 e. The number of anilines is 1. The van der Waals surface area contributed by atoms with Crippen molar-refractivity contribution >= 4 is 21.6 Å². The highest BCUT2D eigenvalue weighted by Crippen LogP contribution is 2.23. The summed E-state index contributed by atoms with van der Waals surface area (Å²) in [6.45, 7) is 3.64. The number of carbonyl (C=O) groups is 1. The van der Waals surface area contributed by atoms with Crippen molar-refractivity contribution in [1.82, 2.24) is 5.32 Å². The molecule has 0 aromatic heterocycles. The van der Waals surface area contributed by atoms with Crippen molar-refractivity contribution in [2.45, 2.75) is 45.6 Å². The van der Waals surface area contributed by atoms with Crippen LogP contribution in [0.15, 0.2) is 18.2 Å². The number of hydrogen-bond donors (Lipinski definition) is 1. The number of carbonyl (C=O) groups excluding carboxylic acids is 1. The fourth-order valence-electron chi connectivity index (χ4n) is 2.94. The van der Waals surface area contributed by atoms with Gasteiger partial charge in [-0.05, 0) is 38.3 Å². The zero-order valence-corrected chi connectivity index (χ0v) is 14.2. The molecule has 0 aliphatic heterocycles. The molecule has 0 spiro atoms. The van der Waals surface area contributed by atoms with E-state index in [1.807, 2.05) is 26.0 Å². The second-order valence-electron chi connectivity index (χ2n) is 6.11. The lowest BCUT2D eigenvalue weighted by Gasteiger charge is -2.24. The van der Waals surface area contributed by atoms with Gasteiger partial charge in [-0.3, -0.25) is 9.10 Å². The largest absolute Gasteiger partial charge is 0.352 e. The number of amides is 1. The second kappa shape index (κ2) is 6.69. The summed E-state index contributed by atoms with van der Waals surface area (Å²) in [6, 6.07) is 5.72. The Balaban J connectivity index is 2.18. The Morgan fingerprint density at radius 1 is 1.27 bits per heavy atom. The van der Waals surface area contributed by atoms with Crippen LogP contribution in [-0.2, 0) is 14.8 Å². The maximum absolute atomic E-state index is 12.2. The molecular formula is C16H24N2O3S. The molecule has 0 atom stereocenters. The first-order valence-corrected chi connectivity index (χ1v) is 9.46. The van der Waals surface area contributed by atoms with Crippen molar-refractivity contribution in [1.29, 1.82) is 0 Å². The average Bonchev–Trinajstić information content (AvgIpc) is 2.88. The second-order valence-corrected chi connectivity index (χ2v) is 8.02. The molecule has 1 aliphatic rings.